The van der Waals surface area contributed by atoms with E-state index in [-0.39, 0.29) is 17.8 Å². The number of hydrogen-bond donors (Lipinski definition) is 5. The van der Waals surface area contributed by atoms with Gasteiger partial charge in [0.25, 0.3) is 5.91 Å². The lowest BCUT2D eigenvalue weighted by Crippen LogP contribution is -2.32. The molecule has 0 radical (unpaired) electrons. The SMILES string of the molecule is C/C(=N/N=C(N)N)c1cc(C(=O)N(C)Cc2cccc(C(C)(C)N(C)F)c2)cc(/C(C)=N\N=C(N)N)c1.CO. The molecule has 0 unspecified atom stereocenters. The summed E-state index contributed by atoms with van der Waals surface area (Å²) >= 11 is 0. The summed E-state index contributed by atoms with van der Waals surface area (Å²) in [6.07, 6.45) is 0. The monoisotopic (exact) mass is 542 g/mol. The largest absolute Gasteiger partial charge is 0.400 e. The number of nitrogens with two attached hydrogens (primary N) is 4. The number of guanidine groups is 2. The minimum Gasteiger partial charge on any atom is -0.400 e. The number of aliphatic hydroxyl groups excluding tert-OH is 1. The lowest BCUT2D eigenvalue weighted by atomic mass is 9.92. The summed E-state index contributed by atoms with van der Waals surface area (Å²) in [7, 11) is 4.07. The molecule has 0 atom stereocenters. The first-order valence-corrected chi connectivity index (χ1v) is 11.8. The van der Waals surface area contributed by atoms with Crippen LogP contribution in [0.15, 0.2) is 62.9 Å². The van der Waals surface area contributed by atoms with Crippen molar-refractivity contribution >= 4 is 29.2 Å². The summed E-state index contributed by atoms with van der Waals surface area (Å²) < 4.78 is 14.0. The van der Waals surface area contributed by atoms with E-state index in [1.165, 1.54) is 7.05 Å². The third-order valence-corrected chi connectivity index (χ3v) is 5.82. The van der Waals surface area contributed by atoms with Crippen molar-refractivity contribution in [1.29, 1.82) is 0 Å². The van der Waals surface area contributed by atoms with Gasteiger partial charge in [-0.2, -0.15) is 10.2 Å². The Kier molecular flexibility index (Phi) is 12.2. The maximum Gasteiger partial charge on any atom is 0.253 e. The molecule has 0 spiro atoms. The fourth-order valence-electron chi connectivity index (χ4n) is 3.34. The second-order valence-corrected chi connectivity index (χ2v) is 9.12. The summed E-state index contributed by atoms with van der Waals surface area (Å²) in [4.78, 5) is 15.0. The van der Waals surface area contributed by atoms with Crippen molar-refractivity contribution in [2.24, 2.45) is 43.3 Å². The molecule has 2 aromatic carbocycles. The highest BCUT2D eigenvalue weighted by molar-refractivity contribution is 6.07. The maximum absolute atomic E-state index is 14.0. The minimum absolute atomic E-state index is 0.193. The summed E-state index contributed by atoms with van der Waals surface area (Å²) in [5, 5.41) is 23.1. The van der Waals surface area contributed by atoms with E-state index in [9.17, 15) is 9.28 Å². The second kappa shape index (κ2) is 14.5. The molecule has 0 fully saturated rings. The molecule has 0 aromatic heterocycles. The molecule has 0 aliphatic heterocycles. The van der Waals surface area contributed by atoms with E-state index in [0.717, 1.165) is 18.2 Å². The van der Waals surface area contributed by atoms with E-state index in [1.807, 2.05) is 24.3 Å². The van der Waals surface area contributed by atoms with E-state index in [1.54, 1.807) is 57.8 Å². The molecule has 0 aliphatic rings. The Morgan fingerprint density at radius 2 is 1.31 bits per heavy atom. The highest BCUT2D eigenvalue weighted by Gasteiger charge is 2.26. The fraction of sp³-hybridized carbons (Fsp3) is 0.346. The average molecular weight is 543 g/mol. The summed E-state index contributed by atoms with van der Waals surface area (Å²) in [5.74, 6) is -0.637. The van der Waals surface area contributed by atoms with Gasteiger partial charge in [-0.25, -0.2) is 0 Å². The van der Waals surface area contributed by atoms with Crippen molar-refractivity contribution in [3.8, 4) is 0 Å². The van der Waals surface area contributed by atoms with Crippen LogP contribution in [0.25, 0.3) is 0 Å². The normalized spacial score (nSPS) is 11.8. The van der Waals surface area contributed by atoms with Gasteiger partial charge in [0.1, 0.15) is 0 Å². The average Bonchev–Trinajstić information content (AvgIpc) is 2.90. The topological polar surface area (TPSA) is 197 Å². The van der Waals surface area contributed by atoms with Crippen LogP contribution in [0, 0.1) is 0 Å². The molecule has 0 bridgehead atoms. The van der Waals surface area contributed by atoms with Crippen LogP contribution in [-0.4, -0.2) is 65.6 Å². The highest BCUT2D eigenvalue weighted by atomic mass is 19.2. The van der Waals surface area contributed by atoms with Crippen LogP contribution in [-0.2, 0) is 12.1 Å². The number of hydrogen-bond acceptors (Lipinski definition) is 7. The van der Waals surface area contributed by atoms with Crippen LogP contribution in [0.5, 0.6) is 0 Å². The number of halogens is 1. The predicted molar refractivity (Wildman–Crippen MR) is 155 cm³/mol. The van der Waals surface area contributed by atoms with Gasteiger partial charge < -0.3 is 32.9 Å². The molecule has 39 heavy (non-hydrogen) atoms. The number of carbonyl (C=O) groups is 1. The molecule has 2 rings (SSSR count). The Labute approximate surface area is 228 Å². The van der Waals surface area contributed by atoms with Crippen molar-refractivity contribution in [3.63, 3.8) is 0 Å². The van der Waals surface area contributed by atoms with Gasteiger partial charge in [-0.15, -0.1) is 19.8 Å². The molecular formula is C26H39FN10O2. The number of carbonyl (C=O) groups excluding carboxylic acids is 1. The number of amides is 1. The van der Waals surface area contributed by atoms with Gasteiger partial charge in [-0.3, -0.25) is 4.79 Å². The molecule has 12 nitrogen and oxygen atoms in total. The van der Waals surface area contributed by atoms with Crippen molar-refractivity contribution in [3.05, 3.63) is 70.3 Å². The Balaban J connectivity index is 0.00000371. The van der Waals surface area contributed by atoms with Crippen LogP contribution in [0.1, 0.15) is 60.3 Å². The van der Waals surface area contributed by atoms with Gasteiger partial charge in [0.2, 0.25) is 11.9 Å². The Morgan fingerprint density at radius 3 is 1.74 bits per heavy atom. The predicted octanol–water partition coefficient (Wildman–Crippen LogP) is 1.61. The van der Waals surface area contributed by atoms with E-state index < -0.39 is 5.54 Å². The van der Waals surface area contributed by atoms with Gasteiger partial charge in [0.15, 0.2) is 0 Å². The zero-order chi connectivity index (χ0) is 29.9. The van der Waals surface area contributed by atoms with Gasteiger partial charge in [-0.1, -0.05) is 24.3 Å². The quantitative estimate of drug-likeness (QED) is 0.137. The molecule has 1 amide bonds. The molecule has 0 saturated heterocycles. The van der Waals surface area contributed by atoms with Crippen LogP contribution in [0.4, 0.5) is 4.48 Å². The number of aliphatic hydroxyl groups is 1. The summed E-state index contributed by atoms with van der Waals surface area (Å²) in [6.45, 7) is 7.29. The summed E-state index contributed by atoms with van der Waals surface area (Å²) in [5.41, 5.74) is 24.9. The lowest BCUT2D eigenvalue weighted by molar-refractivity contribution is -0.0441. The molecule has 9 N–H and O–H groups in total. The van der Waals surface area contributed by atoms with E-state index in [2.05, 4.69) is 20.4 Å². The van der Waals surface area contributed by atoms with Crippen molar-refractivity contribution < 1.29 is 14.4 Å². The number of benzene rings is 2. The first-order chi connectivity index (χ1) is 18.2. The van der Waals surface area contributed by atoms with Crippen LogP contribution in [0.3, 0.4) is 0 Å². The van der Waals surface area contributed by atoms with Gasteiger partial charge in [0.05, 0.1) is 17.0 Å². The highest BCUT2D eigenvalue weighted by Crippen LogP contribution is 2.27. The smallest absolute Gasteiger partial charge is 0.253 e. The molecule has 0 heterocycles. The molecular weight excluding hydrogens is 503 g/mol. The second-order valence-electron chi connectivity index (χ2n) is 9.12. The molecule has 0 aliphatic carbocycles. The minimum atomic E-state index is -0.819. The van der Waals surface area contributed by atoms with Crippen LogP contribution < -0.4 is 22.9 Å². The van der Waals surface area contributed by atoms with E-state index >= 15 is 0 Å². The number of nitrogens with zero attached hydrogens (tertiary/aromatic N) is 6. The molecule has 212 valence electrons. The van der Waals surface area contributed by atoms with Crippen molar-refractivity contribution in [1.82, 2.24) is 10.0 Å². The number of rotatable bonds is 9. The Hall–Kier alpha value is -4.36. The maximum atomic E-state index is 14.0. The van der Waals surface area contributed by atoms with Crippen LogP contribution >= 0.6 is 0 Å². The first-order valence-electron chi connectivity index (χ1n) is 11.8. The molecule has 2 aromatic rings. The summed E-state index contributed by atoms with van der Waals surface area (Å²) in [6, 6.07) is 12.6. The Bertz CT molecular complexity index is 1210. The molecule has 0 saturated carbocycles. The third kappa shape index (κ3) is 9.47. The standard InChI is InChI=1S/C25H35FN10O.CH4O/c1-15(31-33-23(27)28)18-11-19(16(2)32-34-24(29)30)13-20(12-18)22(37)35(5)14-17-8-7-9-21(10-17)25(3,4)36(6)26;1-2/h7-13H,14H2,1-6H3,(H4,27,28,33)(H4,29,30,34);2H,1H3/b31-15-,32-16-;. The van der Waals surface area contributed by atoms with Gasteiger partial charge >= 0.3 is 0 Å². The molecule has 13 heteroatoms. The third-order valence-electron chi connectivity index (χ3n) is 5.82. The Morgan fingerprint density at radius 1 is 0.846 bits per heavy atom. The lowest BCUT2D eigenvalue weighted by Gasteiger charge is -2.29. The van der Waals surface area contributed by atoms with E-state index in [0.29, 0.717) is 39.8 Å². The van der Waals surface area contributed by atoms with E-state index in [4.69, 9.17) is 28.0 Å². The zero-order valence-corrected chi connectivity index (χ0v) is 23.5. The van der Waals surface area contributed by atoms with Gasteiger partial charge in [0, 0.05) is 33.3 Å². The zero-order valence-electron chi connectivity index (χ0n) is 23.5. The van der Waals surface area contributed by atoms with Crippen molar-refractivity contribution in [2.75, 3.05) is 21.2 Å². The van der Waals surface area contributed by atoms with Crippen LogP contribution in [0.2, 0.25) is 0 Å². The fourth-order valence-corrected chi connectivity index (χ4v) is 3.34. The first kappa shape index (κ1) is 32.7. The van der Waals surface area contributed by atoms with Crippen molar-refractivity contribution in [2.45, 2.75) is 39.8 Å². The van der Waals surface area contributed by atoms with Gasteiger partial charge in [-0.05, 0) is 68.1 Å².